The van der Waals surface area contributed by atoms with Crippen molar-refractivity contribution in [1.82, 2.24) is 24.6 Å². The van der Waals surface area contributed by atoms with E-state index in [0.717, 1.165) is 39.6 Å². The number of esters is 1. The van der Waals surface area contributed by atoms with Gasteiger partial charge >= 0.3 is 12.0 Å². The minimum atomic E-state index is -0.502. The summed E-state index contributed by atoms with van der Waals surface area (Å²) in [5, 5.41) is 7.57. The maximum Gasteiger partial charge on any atom is 0.325 e. The summed E-state index contributed by atoms with van der Waals surface area (Å²) in [5.41, 5.74) is 5.73. The van der Waals surface area contributed by atoms with Crippen LogP contribution in [0.15, 0.2) is 72.9 Å². The second-order valence-corrected chi connectivity index (χ2v) is 8.62. The first-order chi connectivity index (χ1) is 17.0. The predicted octanol–water partition coefficient (Wildman–Crippen LogP) is 4.07. The molecule has 0 saturated carbocycles. The Balaban J connectivity index is 1.69. The summed E-state index contributed by atoms with van der Waals surface area (Å²) >= 11 is 0. The number of methoxy groups -OCH3 is 1. The van der Waals surface area contributed by atoms with E-state index in [9.17, 15) is 9.59 Å². The topological polar surface area (TPSA) is 81.4 Å². The molecule has 1 atom stereocenters. The first kappa shape index (κ1) is 22.5. The monoisotopic (exact) mass is 469 g/mol. The number of carbonyl (C=O) groups excluding carboxylic acids is 2. The van der Waals surface area contributed by atoms with Crippen molar-refractivity contribution < 1.29 is 14.3 Å². The van der Waals surface area contributed by atoms with Crippen LogP contribution in [0.25, 0.3) is 11.5 Å². The van der Waals surface area contributed by atoms with E-state index in [2.05, 4.69) is 16.0 Å². The second-order valence-electron chi connectivity index (χ2n) is 8.62. The number of ether oxygens (including phenoxy) is 1. The zero-order chi connectivity index (χ0) is 24.5. The van der Waals surface area contributed by atoms with Crippen LogP contribution in [0.3, 0.4) is 0 Å². The standard InChI is InChI=1S/C27H27N5O3/c1-18-9-7-10-20(15-18)25-23-13-8-14-30(23)26-22(17-31(25)27(34)28-16-24(33)35-3)19(2)29-32(26)21-11-5-4-6-12-21/h4-15,25H,16-17H2,1-3H3,(H,28,34). The molecule has 4 aromatic rings. The van der Waals surface area contributed by atoms with Gasteiger partial charge in [0.05, 0.1) is 36.8 Å². The molecular formula is C27H27N5O3. The molecule has 8 nitrogen and oxygen atoms in total. The van der Waals surface area contributed by atoms with Crippen molar-refractivity contribution in [2.24, 2.45) is 0 Å². The number of rotatable bonds is 4. The average Bonchev–Trinajstić information content (AvgIpc) is 3.43. The van der Waals surface area contributed by atoms with Crippen LogP contribution in [0.1, 0.15) is 34.1 Å². The van der Waals surface area contributed by atoms with Gasteiger partial charge in [-0.25, -0.2) is 9.48 Å². The highest BCUT2D eigenvalue weighted by Gasteiger charge is 2.36. The zero-order valence-electron chi connectivity index (χ0n) is 19.9. The van der Waals surface area contributed by atoms with Crippen molar-refractivity contribution in [3.8, 4) is 11.5 Å². The van der Waals surface area contributed by atoms with Gasteiger partial charge in [-0.05, 0) is 43.7 Å². The van der Waals surface area contributed by atoms with Gasteiger partial charge < -0.3 is 19.5 Å². The first-order valence-electron chi connectivity index (χ1n) is 11.5. The third kappa shape index (κ3) is 4.07. The van der Waals surface area contributed by atoms with Gasteiger partial charge in [0.1, 0.15) is 12.4 Å². The lowest BCUT2D eigenvalue weighted by Gasteiger charge is -2.31. The van der Waals surface area contributed by atoms with Crippen LogP contribution in [0.4, 0.5) is 4.79 Å². The van der Waals surface area contributed by atoms with E-state index in [-0.39, 0.29) is 18.6 Å². The van der Waals surface area contributed by atoms with Crippen LogP contribution in [0, 0.1) is 13.8 Å². The van der Waals surface area contributed by atoms with E-state index in [4.69, 9.17) is 9.84 Å². The normalized spacial score (nSPS) is 14.6. The van der Waals surface area contributed by atoms with Crippen LogP contribution < -0.4 is 5.32 Å². The van der Waals surface area contributed by atoms with Gasteiger partial charge in [0.2, 0.25) is 0 Å². The lowest BCUT2D eigenvalue weighted by atomic mass is 10.00. The Hall–Kier alpha value is -4.33. The van der Waals surface area contributed by atoms with Crippen molar-refractivity contribution >= 4 is 12.0 Å². The van der Waals surface area contributed by atoms with Crippen molar-refractivity contribution in [3.63, 3.8) is 0 Å². The smallest absolute Gasteiger partial charge is 0.325 e. The molecule has 2 aromatic heterocycles. The first-order valence-corrected chi connectivity index (χ1v) is 11.5. The Labute approximate surface area is 203 Å². The van der Waals surface area contributed by atoms with E-state index < -0.39 is 5.97 Å². The Morgan fingerprint density at radius 1 is 1.06 bits per heavy atom. The molecule has 178 valence electrons. The van der Waals surface area contributed by atoms with Crippen molar-refractivity contribution in [2.45, 2.75) is 26.4 Å². The quantitative estimate of drug-likeness (QED) is 0.457. The summed E-state index contributed by atoms with van der Waals surface area (Å²) in [6.45, 7) is 4.11. The molecule has 5 rings (SSSR count). The minimum absolute atomic E-state index is 0.206. The number of benzene rings is 2. The SMILES string of the molecule is COC(=O)CNC(=O)N1Cc2c(C)nn(-c3ccccc3)c2-n2cccc2C1c1cccc(C)c1. The maximum atomic E-state index is 13.5. The molecule has 0 spiro atoms. The summed E-state index contributed by atoms with van der Waals surface area (Å²) in [6.07, 6.45) is 2.01. The molecular weight excluding hydrogens is 442 g/mol. The molecule has 0 radical (unpaired) electrons. The Morgan fingerprint density at radius 2 is 1.86 bits per heavy atom. The molecule has 1 aliphatic heterocycles. The molecule has 0 fully saturated rings. The lowest BCUT2D eigenvalue weighted by Crippen LogP contribution is -2.44. The molecule has 0 aliphatic carbocycles. The van der Waals surface area contributed by atoms with Crippen LogP contribution in [0.5, 0.6) is 0 Å². The fraction of sp³-hybridized carbons (Fsp3) is 0.222. The van der Waals surface area contributed by atoms with Gasteiger partial charge in [0.25, 0.3) is 0 Å². The minimum Gasteiger partial charge on any atom is -0.468 e. The molecule has 0 bridgehead atoms. The third-order valence-electron chi connectivity index (χ3n) is 6.32. The number of nitrogens with one attached hydrogen (secondary N) is 1. The average molecular weight is 470 g/mol. The van der Waals surface area contributed by atoms with Gasteiger partial charge in [-0.3, -0.25) is 4.79 Å². The highest BCUT2D eigenvalue weighted by Crippen LogP contribution is 2.38. The summed E-state index contributed by atoms with van der Waals surface area (Å²) in [7, 11) is 1.30. The van der Waals surface area contributed by atoms with E-state index in [1.807, 2.05) is 85.4 Å². The number of hydrogen-bond donors (Lipinski definition) is 1. The van der Waals surface area contributed by atoms with Gasteiger partial charge in [-0.1, -0.05) is 48.0 Å². The van der Waals surface area contributed by atoms with Gasteiger partial charge in [0.15, 0.2) is 0 Å². The maximum absolute atomic E-state index is 13.5. The number of nitrogens with zero attached hydrogens (tertiary/aromatic N) is 4. The number of urea groups is 1. The molecule has 3 heterocycles. The molecule has 35 heavy (non-hydrogen) atoms. The Bertz CT molecular complexity index is 1390. The van der Waals surface area contributed by atoms with E-state index in [0.29, 0.717) is 6.54 Å². The molecule has 0 saturated heterocycles. The van der Waals surface area contributed by atoms with E-state index in [1.165, 1.54) is 7.11 Å². The molecule has 2 aromatic carbocycles. The van der Waals surface area contributed by atoms with Gasteiger partial charge in [0, 0.05) is 11.8 Å². The van der Waals surface area contributed by atoms with Crippen LogP contribution >= 0.6 is 0 Å². The lowest BCUT2D eigenvalue weighted by molar-refractivity contribution is -0.139. The van der Waals surface area contributed by atoms with Crippen molar-refractivity contribution in [1.29, 1.82) is 0 Å². The molecule has 2 amide bonds. The van der Waals surface area contributed by atoms with Gasteiger partial charge in [-0.2, -0.15) is 5.10 Å². The largest absolute Gasteiger partial charge is 0.468 e. The third-order valence-corrected chi connectivity index (χ3v) is 6.32. The summed E-state index contributed by atoms with van der Waals surface area (Å²) in [5.74, 6) is 0.395. The van der Waals surface area contributed by atoms with Crippen LogP contribution in [-0.4, -0.2) is 44.9 Å². The zero-order valence-corrected chi connectivity index (χ0v) is 19.9. The van der Waals surface area contributed by atoms with Crippen LogP contribution in [0.2, 0.25) is 0 Å². The molecule has 1 unspecified atom stereocenters. The Morgan fingerprint density at radius 3 is 2.60 bits per heavy atom. The number of amides is 2. The van der Waals surface area contributed by atoms with Gasteiger partial charge in [-0.15, -0.1) is 0 Å². The molecule has 8 heteroatoms. The summed E-state index contributed by atoms with van der Waals surface area (Å²) < 4.78 is 8.76. The van der Waals surface area contributed by atoms with E-state index >= 15 is 0 Å². The number of carbonyl (C=O) groups is 2. The summed E-state index contributed by atoms with van der Waals surface area (Å²) in [4.78, 5) is 27.1. The highest BCUT2D eigenvalue weighted by atomic mass is 16.5. The fourth-order valence-corrected chi connectivity index (χ4v) is 4.66. The number of para-hydroxylation sites is 1. The molecule has 1 N–H and O–H groups in total. The van der Waals surface area contributed by atoms with Crippen molar-refractivity contribution in [2.75, 3.05) is 13.7 Å². The molecule has 1 aliphatic rings. The van der Waals surface area contributed by atoms with E-state index in [1.54, 1.807) is 4.90 Å². The fourth-order valence-electron chi connectivity index (χ4n) is 4.66. The predicted molar refractivity (Wildman–Crippen MR) is 132 cm³/mol. The van der Waals surface area contributed by atoms with Crippen molar-refractivity contribution in [3.05, 3.63) is 101 Å². The number of fused-ring (bicyclic) bond motifs is 3. The van der Waals surface area contributed by atoms with Crippen LogP contribution in [-0.2, 0) is 16.1 Å². The summed E-state index contributed by atoms with van der Waals surface area (Å²) in [6, 6.07) is 21.4. The number of aromatic nitrogens is 3. The number of hydrogen-bond acceptors (Lipinski definition) is 4. The highest BCUT2D eigenvalue weighted by molar-refractivity contribution is 5.81. The number of aryl methyl sites for hydroxylation is 2. The second kappa shape index (κ2) is 9.13. The Kier molecular flexibility index (Phi) is 5.86.